The molecule has 0 saturated heterocycles. The van der Waals surface area contributed by atoms with Crippen LogP contribution in [0.15, 0.2) is 52.4 Å². The molecule has 0 spiro atoms. The lowest BCUT2D eigenvalue weighted by Crippen LogP contribution is -2.32. The summed E-state index contributed by atoms with van der Waals surface area (Å²) >= 11 is 1.34. The molecule has 0 aliphatic carbocycles. The Hall–Kier alpha value is -3.46. The van der Waals surface area contributed by atoms with Gasteiger partial charge in [0, 0.05) is 11.8 Å². The van der Waals surface area contributed by atoms with E-state index >= 15 is 0 Å². The predicted octanol–water partition coefficient (Wildman–Crippen LogP) is 3.87. The molecule has 0 saturated carbocycles. The number of ether oxygens (including phenoxy) is 1. The maximum absolute atomic E-state index is 12.4. The summed E-state index contributed by atoms with van der Waals surface area (Å²) in [7, 11) is 0. The third-order valence-electron chi connectivity index (χ3n) is 3.92. The Kier molecular flexibility index (Phi) is 6.40. The third-order valence-corrected chi connectivity index (χ3v) is 4.78. The van der Waals surface area contributed by atoms with Gasteiger partial charge < -0.3 is 19.9 Å². The highest BCUT2D eigenvalue weighted by Crippen LogP contribution is 2.16. The molecule has 1 aromatic carbocycles. The first-order valence-electron chi connectivity index (χ1n) is 8.86. The van der Waals surface area contributed by atoms with E-state index in [1.807, 2.05) is 5.38 Å². The lowest BCUT2D eigenvalue weighted by atomic mass is 10.2. The van der Waals surface area contributed by atoms with Crippen LogP contribution in [0.4, 0.5) is 11.5 Å². The highest BCUT2D eigenvalue weighted by atomic mass is 32.1. The fraction of sp³-hybridized carbons (Fsp3) is 0.200. The van der Waals surface area contributed by atoms with Gasteiger partial charge in [-0.05, 0) is 49.1 Å². The molecular weight excluding hydrogens is 394 g/mol. The SMILES string of the molecule is CC[C@@H](OC(=O)c1ccc(NC(=O)c2cccs2)cc1)C(=O)Nc1cc(C)on1. The normalized spacial score (nSPS) is 11.5. The summed E-state index contributed by atoms with van der Waals surface area (Å²) in [6, 6.07) is 11.3. The molecule has 3 rings (SSSR count). The van der Waals surface area contributed by atoms with Crippen molar-refractivity contribution in [1.29, 1.82) is 0 Å². The number of nitrogens with zero attached hydrogens (tertiary/aromatic N) is 1. The first-order valence-corrected chi connectivity index (χ1v) is 9.74. The van der Waals surface area contributed by atoms with Gasteiger partial charge in [-0.3, -0.25) is 9.59 Å². The average Bonchev–Trinajstić information content (AvgIpc) is 3.38. The van der Waals surface area contributed by atoms with Crippen molar-refractivity contribution in [1.82, 2.24) is 5.16 Å². The van der Waals surface area contributed by atoms with Crippen molar-refractivity contribution in [3.05, 3.63) is 64.0 Å². The first kappa shape index (κ1) is 20.3. The van der Waals surface area contributed by atoms with Crippen molar-refractivity contribution >= 4 is 40.6 Å². The Bertz CT molecular complexity index is 996. The standard InChI is InChI=1S/C20H19N3O5S/c1-3-15(18(24)22-17-11-12(2)28-23-17)27-20(26)13-6-8-14(9-7-13)21-19(25)16-5-4-10-29-16/h4-11,15H,3H2,1-2H3,(H,21,25)(H,22,23,24)/t15-/m1/s1. The largest absolute Gasteiger partial charge is 0.449 e. The van der Waals surface area contributed by atoms with Crippen molar-refractivity contribution in [3.63, 3.8) is 0 Å². The number of carbonyl (C=O) groups excluding carboxylic acids is 3. The number of esters is 1. The number of anilines is 2. The van der Waals surface area contributed by atoms with E-state index in [0.29, 0.717) is 22.7 Å². The van der Waals surface area contributed by atoms with Crippen LogP contribution >= 0.6 is 11.3 Å². The predicted molar refractivity (Wildman–Crippen MR) is 108 cm³/mol. The quantitative estimate of drug-likeness (QED) is 0.569. The molecule has 2 heterocycles. The molecule has 2 amide bonds. The minimum absolute atomic E-state index is 0.221. The summed E-state index contributed by atoms with van der Waals surface area (Å²) in [5.74, 6) is -0.543. The Morgan fingerprint density at radius 2 is 1.93 bits per heavy atom. The molecule has 2 aromatic heterocycles. The topological polar surface area (TPSA) is 111 Å². The number of aryl methyl sites for hydroxylation is 1. The van der Waals surface area contributed by atoms with E-state index in [1.165, 1.54) is 23.5 Å². The maximum atomic E-state index is 12.4. The van der Waals surface area contributed by atoms with Crippen LogP contribution in [0.3, 0.4) is 0 Å². The Labute approximate surface area is 170 Å². The zero-order valence-corrected chi connectivity index (χ0v) is 16.6. The van der Waals surface area contributed by atoms with Crippen LogP contribution in [0, 0.1) is 6.92 Å². The second-order valence-corrected chi connectivity index (χ2v) is 7.07. The number of hydrogen-bond acceptors (Lipinski definition) is 7. The molecule has 9 heteroatoms. The maximum Gasteiger partial charge on any atom is 0.338 e. The van der Waals surface area contributed by atoms with Crippen molar-refractivity contribution in [2.45, 2.75) is 26.4 Å². The molecule has 0 radical (unpaired) electrons. The third kappa shape index (κ3) is 5.29. The van der Waals surface area contributed by atoms with Crippen molar-refractivity contribution in [2.24, 2.45) is 0 Å². The molecule has 0 aliphatic heterocycles. The number of benzene rings is 1. The number of rotatable bonds is 7. The molecule has 1 atom stereocenters. The van der Waals surface area contributed by atoms with Gasteiger partial charge in [-0.25, -0.2) is 4.79 Å². The van der Waals surface area contributed by atoms with E-state index in [2.05, 4.69) is 15.8 Å². The van der Waals surface area contributed by atoms with Crippen molar-refractivity contribution in [2.75, 3.05) is 10.6 Å². The zero-order valence-electron chi connectivity index (χ0n) is 15.8. The summed E-state index contributed by atoms with van der Waals surface area (Å²) in [4.78, 5) is 37.3. The van der Waals surface area contributed by atoms with Gasteiger partial charge in [-0.2, -0.15) is 0 Å². The molecule has 0 fully saturated rings. The molecule has 29 heavy (non-hydrogen) atoms. The zero-order chi connectivity index (χ0) is 20.8. The van der Waals surface area contributed by atoms with Gasteiger partial charge in [0.25, 0.3) is 11.8 Å². The van der Waals surface area contributed by atoms with Gasteiger partial charge in [0.1, 0.15) is 5.76 Å². The second-order valence-electron chi connectivity index (χ2n) is 6.12. The number of amides is 2. The van der Waals surface area contributed by atoms with E-state index in [0.717, 1.165) is 0 Å². The molecule has 8 nitrogen and oxygen atoms in total. The average molecular weight is 413 g/mol. The van der Waals surface area contributed by atoms with E-state index in [4.69, 9.17) is 9.26 Å². The summed E-state index contributed by atoms with van der Waals surface area (Å²) in [6.45, 7) is 3.43. The highest BCUT2D eigenvalue weighted by molar-refractivity contribution is 7.12. The molecular formula is C20H19N3O5S. The second kappa shape index (κ2) is 9.16. The van der Waals surface area contributed by atoms with Crippen molar-refractivity contribution in [3.8, 4) is 0 Å². The highest BCUT2D eigenvalue weighted by Gasteiger charge is 2.23. The number of hydrogen-bond donors (Lipinski definition) is 2. The van der Waals surface area contributed by atoms with Gasteiger partial charge >= 0.3 is 5.97 Å². The summed E-state index contributed by atoms with van der Waals surface area (Å²) in [5.41, 5.74) is 0.814. The van der Waals surface area contributed by atoms with Gasteiger partial charge in [0.15, 0.2) is 11.9 Å². The van der Waals surface area contributed by atoms with Gasteiger partial charge in [-0.1, -0.05) is 18.1 Å². The summed E-state index contributed by atoms with van der Waals surface area (Å²) in [6.07, 6.45) is -0.679. The molecule has 0 aliphatic rings. The van der Waals surface area contributed by atoms with Gasteiger partial charge in [0.05, 0.1) is 10.4 Å². The molecule has 150 valence electrons. The van der Waals surface area contributed by atoms with E-state index in [-0.39, 0.29) is 17.3 Å². The number of aromatic nitrogens is 1. The Morgan fingerprint density at radius 1 is 1.17 bits per heavy atom. The van der Waals surface area contributed by atoms with E-state index < -0.39 is 18.0 Å². The van der Waals surface area contributed by atoms with Crippen LogP contribution < -0.4 is 10.6 Å². The summed E-state index contributed by atoms with van der Waals surface area (Å²) < 4.78 is 10.2. The minimum Gasteiger partial charge on any atom is -0.449 e. The van der Waals surface area contributed by atoms with E-state index in [9.17, 15) is 14.4 Å². The van der Waals surface area contributed by atoms with Crippen LogP contribution in [0.5, 0.6) is 0 Å². The first-order chi connectivity index (χ1) is 14.0. The fourth-order valence-electron chi connectivity index (χ4n) is 2.44. The fourth-order valence-corrected chi connectivity index (χ4v) is 3.06. The number of thiophene rings is 1. The van der Waals surface area contributed by atoms with E-state index in [1.54, 1.807) is 44.2 Å². The van der Waals surface area contributed by atoms with Crippen LogP contribution in [0.1, 0.15) is 39.1 Å². The number of carbonyl (C=O) groups is 3. The monoisotopic (exact) mass is 413 g/mol. The number of nitrogens with one attached hydrogen (secondary N) is 2. The smallest absolute Gasteiger partial charge is 0.338 e. The molecule has 3 aromatic rings. The lowest BCUT2D eigenvalue weighted by Gasteiger charge is -2.15. The van der Waals surface area contributed by atoms with Crippen LogP contribution in [-0.4, -0.2) is 29.0 Å². The Morgan fingerprint density at radius 3 is 2.52 bits per heavy atom. The lowest BCUT2D eigenvalue weighted by molar-refractivity contribution is -0.124. The van der Waals surface area contributed by atoms with Crippen LogP contribution in [-0.2, 0) is 9.53 Å². The van der Waals surface area contributed by atoms with Gasteiger partial charge in [0.2, 0.25) is 0 Å². The summed E-state index contributed by atoms with van der Waals surface area (Å²) in [5, 5.41) is 10.8. The molecule has 0 unspecified atom stereocenters. The molecule has 0 bridgehead atoms. The Balaban J connectivity index is 1.58. The van der Waals surface area contributed by atoms with Crippen LogP contribution in [0.25, 0.3) is 0 Å². The van der Waals surface area contributed by atoms with Crippen LogP contribution in [0.2, 0.25) is 0 Å². The van der Waals surface area contributed by atoms with Crippen molar-refractivity contribution < 1.29 is 23.6 Å². The minimum atomic E-state index is -0.974. The van der Waals surface area contributed by atoms with Gasteiger partial charge in [-0.15, -0.1) is 11.3 Å². The molecule has 2 N–H and O–H groups in total.